The van der Waals surface area contributed by atoms with Crippen LogP contribution in [-0.2, 0) is 4.74 Å². The van der Waals surface area contributed by atoms with E-state index in [1.165, 1.54) is 19.2 Å². The Morgan fingerprint density at radius 2 is 1.90 bits per heavy atom. The van der Waals surface area contributed by atoms with E-state index in [4.69, 9.17) is 0 Å². The lowest BCUT2D eigenvalue weighted by atomic mass is 10.1. The predicted molar refractivity (Wildman–Crippen MR) is 78.6 cm³/mol. The second kappa shape index (κ2) is 6.09. The summed E-state index contributed by atoms with van der Waals surface area (Å²) < 4.78 is 4.62. The zero-order valence-electron chi connectivity index (χ0n) is 11.7. The van der Waals surface area contributed by atoms with Crippen LogP contribution in [0.4, 0.5) is 5.69 Å². The highest BCUT2D eigenvalue weighted by Crippen LogP contribution is 2.20. The van der Waals surface area contributed by atoms with Crippen LogP contribution in [0, 0.1) is 6.92 Å². The third-order valence-corrected chi connectivity index (χ3v) is 2.94. The molecule has 0 aliphatic rings. The van der Waals surface area contributed by atoms with E-state index in [1.807, 2.05) is 6.92 Å². The van der Waals surface area contributed by atoms with E-state index >= 15 is 0 Å². The molecule has 0 unspecified atom stereocenters. The molecule has 21 heavy (non-hydrogen) atoms. The van der Waals surface area contributed by atoms with Crippen LogP contribution in [0.3, 0.4) is 0 Å². The molecule has 0 atom stereocenters. The van der Waals surface area contributed by atoms with Gasteiger partial charge in [-0.15, -0.1) is 0 Å². The van der Waals surface area contributed by atoms with E-state index in [2.05, 4.69) is 10.1 Å². The van der Waals surface area contributed by atoms with Crippen LogP contribution in [-0.4, -0.2) is 24.1 Å². The molecule has 0 aromatic heterocycles. The first kappa shape index (κ1) is 14.6. The van der Waals surface area contributed by atoms with E-state index < -0.39 is 11.9 Å². The largest absolute Gasteiger partial charge is 0.507 e. The van der Waals surface area contributed by atoms with Gasteiger partial charge in [-0.3, -0.25) is 4.79 Å². The fourth-order valence-electron chi connectivity index (χ4n) is 1.87. The maximum atomic E-state index is 12.1. The summed E-state index contributed by atoms with van der Waals surface area (Å²) in [6.07, 6.45) is 0. The molecule has 0 saturated heterocycles. The number of phenolic OH excluding ortho intramolecular Hbond substituents is 1. The molecule has 2 aromatic carbocycles. The van der Waals surface area contributed by atoms with Crippen molar-refractivity contribution in [2.45, 2.75) is 6.92 Å². The molecule has 5 heteroatoms. The highest BCUT2D eigenvalue weighted by atomic mass is 16.5. The first-order chi connectivity index (χ1) is 10.0. The van der Waals surface area contributed by atoms with Crippen LogP contribution in [0.25, 0.3) is 0 Å². The summed E-state index contributed by atoms with van der Waals surface area (Å²) >= 11 is 0. The first-order valence-corrected chi connectivity index (χ1v) is 6.30. The van der Waals surface area contributed by atoms with Gasteiger partial charge in [0.25, 0.3) is 5.91 Å². The van der Waals surface area contributed by atoms with Crippen LogP contribution in [0.1, 0.15) is 26.3 Å². The highest BCUT2D eigenvalue weighted by Gasteiger charge is 2.12. The van der Waals surface area contributed by atoms with Crippen molar-refractivity contribution in [3.63, 3.8) is 0 Å². The van der Waals surface area contributed by atoms with Gasteiger partial charge in [-0.05, 0) is 42.8 Å². The summed E-state index contributed by atoms with van der Waals surface area (Å²) in [6.45, 7) is 1.82. The number of rotatable bonds is 3. The van der Waals surface area contributed by atoms with Crippen molar-refractivity contribution < 1.29 is 19.4 Å². The monoisotopic (exact) mass is 285 g/mol. The van der Waals surface area contributed by atoms with Crippen LogP contribution in [0.2, 0.25) is 0 Å². The maximum absolute atomic E-state index is 12.1. The Labute approximate surface area is 122 Å². The molecular weight excluding hydrogens is 270 g/mol. The van der Waals surface area contributed by atoms with Gasteiger partial charge in [0, 0.05) is 5.69 Å². The number of nitrogens with one attached hydrogen (secondary N) is 1. The second-order valence-corrected chi connectivity index (χ2v) is 4.55. The lowest BCUT2D eigenvalue weighted by Crippen LogP contribution is -2.13. The Bertz CT molecular complexity index is 694. The normalized spacial score (nSPS) is 10.0. The average Bonchev–Trinajstić information content (AvgIpc) is 2.46. The summed E-state index contributed by atoms with van der Waals surface area (Å²) in [4.78, 5) is 23.5. The zero-order chi connectivity index (χ0) is 15.4. The SMILES string of the molecule is COC(=O)c1cccc(NC(=O)c2ccc(C)cc2O)c1. The fraction of sp³-hybridized carbons (Fsp3) is 0.125. The molecule has 5 nitrogen and oxygen atoms in total. The molecule has 0 radical (unpaired) electrons. The van der Waals surface area contributed by atoms with Gasteiger partial charge in [-0.25, -0.2) is 4.79 Å². The van der Waals surface area contributed by atoms with Crippen LogP contribution < -0.4 is 5.32 Å². The number of amides is 1. The lowest BCUT2D eigenvalue weighted by Gasteiger charge is -2.08. The number of anilines is 1. The van der Waals surface area contributed by atoms with Gasteiger partial charge in [0.15, 0.2) is 0 Å². The minimum Gasteiger partial charge on any atom is -0.507 e. The van der Waals surface area contributed by atoms with E-state index in [1.54, 1.807) is 30.3 Å². The number of phenols is 1. The molecule has 0 saturated carbocycles. The number of esters is 1. The Morgan fingerprint density at radius 3 is 2.57 bits per heavy atom. The van der Waals surface area contributed by atoms with Gasteiger partial charge in [0.2, 0.25) is 0 Å². The molecule has 2 rings (SSSR count). The number of aromatic hydroxyl groups is 1. The summed E-state index contributed by atoms with van der Waals surface area (Å²) in [7, 11) is 1.29. The van der Waals surface area contributed by atoms with Gasteiger partial charge >= 0.3 is 5.97 Å². The fourth-order valence-corrected chi connectivity index (χ4v) is 1.87. The highest BCUT2D eigenvalue weighted by molar-refractivity contribution is 6.06. The molecule has 2 aromatic rings. The van der Waals surface area contributed by atoms with Crippen molar-refractivity contribution in [1.82, 2.24) is 0 Å². The third kappa shape index (κ3) is 3.39. The number of benzene rings is 2. The summed E-state index contributed by atoms with van der Waals surface area (Å²) in [6, 6.07) is 11.2. The van der Waals surface area contributed by atoms with E-state index in [9.17, 15) is 14.7 Å². The van der Waals surface area contributed by atoms with Crippen molar-refractivity contribution in [2.24, 2.45) is 0 Å². The van der Waals surface area contributed by atoms with Crippen molar-refractivity contribution in [2.75, 3.05) is 12.4 Å². The topological polar surface area (TPSA) is 75.6 Å². The van der Waals surface area contributed by atoms with Crippen LogP contribution in [0.15, 0.2) is 42.5 Å². The molecule has 0 fully saturated rings. The second-order valence-electron chi connectivity index (χ2n) is 4.55. The number of carbonyl (C=O) groups excluding carboxylic acids is 2. The number of hydrogen-bond donors (Lipinski definition) is 2. The van der Waals surface area contributed by atoms with Crippen LogP contribution in [0.5, 0.6) is 5.75 Å². The maximum Gasteiger partial charge on any atom is 0.337 e. The minimum atomic E-state index is -0.482. The van der Waals surface area contributed by atoms with E-state index in [0.29, 0.717) is 11.3 Å². The smallest absolute Gasteiger partial charge is 0.337 e. The van der Waals surface area contributed by atoms with Gasteiger partial charge in [-0.2, -0.15) is 0 Å². The molecule has 2 N–H and O–H groups in total. The summed E-state index contributed by atoms with van der Waals surface area (Å²) in [5.41, 5.74) is 1.81. The van der Waals surface area contributed by atoms with Gasteiger partial charge < -0.3 is 15.2 Å². The van der Waals surface area contributed by atoms with Crippen molar-refractivity contribution in [3.05, 3.63) is 59.2 Å². The first-order valence-electron chi connectivity index (χ1n) is 6.30. The summed E-state index contributed by atoms with van der Waals surface area (Å²) in [5.74, 6) is -1.02. The average molecular weight is 285 g/mol. The third-order valence-electron chi connectivity index (χ3n) is 2.94. The predicted octanol–water partition coefficient (Wildman–Crippen LogP) is 2.74. The zero-order valence-corrected chi connectivity index (χ0v) is 11.7. The standard InChI is InChI=1S/C16H15NO4/c1-10-6-7-13(14(18)8-10)15(19)17-12-5-3-4-11(9-12)16(20)21-2/h3-9,18H,1-2H3,(H,17,19). The van der Waals surface area contributed by atoms with E-state index in [0.717, 1.165) is 5.56 Å². The number of aryl methyl sites for hydroxylation is 1. The Morgan fingerprint density at radius 1 is 1.14 bits per heavy atom. The summed E-state index contributed by atoms with van der Waals surface area (Å²) in [5, 5.41) is 12.4. The molecular formula is C16H15NO4. The quantitative estimate of drug-likeness (QED) is 0.850. The van der Waals surface area contributed by atoms with Crippen molar-refractivity contribution in [1.29, 1.82) is 0 Å². The van der Waals surface area contributed by atoms with Crippen LogP contribution >= 0.6 is 0 Å². The number of ether oxygens (including phenoxy) is 1. The number of hydrogen-bond acceptors (Lipinski definition) is 4. The Hall–Kier alpha value is -2.82. The Kier molecular flexibility index (Phi) is 4.23. The molecule has 0 aliphatic heterocycles. The molecule has 0 spiro atoms. The van der Waals surface area contributed by atoms with Crippen molar-refractivity contribution in [3.8, 4) is 5.75 Å². The number of carbonyl (C=O) groups is 2. The van der Waals surface area contributed by atoms with Crippen molar-refractivity contribution >= 4 is 17.6 Å². The van der Waals surface area contributed by atoms with E-state index in [-0.39, 0.29) is 11.3 Å². The van der Waals surface area contributed by atoms with Gasteiger partial charge in [-0.1, -0.05) is 12.1 Å². The molecule has 0 heterocycles. The molecule has 0 aliphatic carbocycles. The molecule has 0 bridgehead atoms. The Balaban J connectivity index is 2.21. The van der Waals surface area contributed by atoms with Gasteiger partial charge in [0.05, 0.1) is 18.2 Å². The minimum absolute atomic E-state index is 0.0865. The lowest BCUT2D eigenvalue weighted by molar-refractivity contribution is 0.0600. The number of methoxy groups -OCH3 is 1. The van der Waals surface area contributed by atoms with Gasteiger partial charge in [0.1, 0.15) is 5.75 Å². The molecule has 108 valence electrons. The molecule has 1 amide bonds.